The maximum Gasteiger partial charge on any atom is 0.305 e. The van der Waals surface area contributed by atoms with Crippen LogP contribution in [0.1, 0.15) is 19.8 Å². The number of nitrogens with two attached hydrogens (primary N) is 1. The van der Waals surface area contributed by atoms with Crippen LogP contribution in [0.2, 0.25) is 10.0 Å². The first kappa shape index (κ1) is 22.2. The first-order valence-corrected chi connectivity index (χ1v) is 8.36. The Balaban J connectivity index is 0.000000412. The molecule has 2 amide bonds. The number of rotatable bonds is 5. The third-order valence-corrected chi connectivity index (χ3v) is 3.70. The molecule has 1 unspecified atom stereocenters. The zero-order valence-corrected chi connectivity index (χ0v) is 15.9. The molecule has 0 bridgehead atoms. The Morgan fingerprint density at radius 2 is 1.88 bits per heavy atom. The van der Waals surface area contributed by atoms with Crippen LogP contribution in [0.25, 0.3) is 0 Å². The first-order valence-electron chi connectivity index (χ1n) is 7.61. The zero-order chi connectivity index (χ0) is 19.7. The second-order valence-electron chi connectivity index (χ2n) is 5.24. The summed E-state index contributed by atoms with van der Waals surface area (Å²) in [4.78, 5) is 33.7. The Morgan fingerprint density at radius 3 is 2.27 bits per heavy atom. The summed E-state index contributed by atoms with van der Waals surface area (Å²) in [6, 6.07) is 4.48. The fourth-order valence-electron chi connectivity index (χ4n) is 1.92. The monoisotopic (exact) mass is 406 g/mol. The summed E-state index contributed by atoms with van der Waals surface area (Å²) in [5.41, 5.74) is 3.70. The minimum absolute atomic E-state index is 0.123. The fraction of sp³-hybridized carbons (Fsp3) is 0.438. The predicted molar refractivity (Wildman–Crippen MR) is 95.8 cm³/mol. The van der Waals surface area contributed by atoms with E-state index < -0.39 is 17.4 Å². The van der Waals surface area contributed by atoms with E-state index in [9.17, 15) is 14.4 Å². The summed E-state index contributed by atoms with van der Waals surface area (Å²) in [6.07, 6.45) is 1.41. The third-order valence-electron chi connectivity index (χ3n) is 3.26. The van der Waals surface area contributed by atoms with Crippen molar-refractivity contribution in [3.05, 3.63) is 28.2 Å². The van der Waals surface area contributed by atoms with Crippen LogP contribution in [0.3, 0.4) is 0 Å². The second-order valence-corrected chi connectivity index (χ2v) is 6.11. The summed E-state index contributed by atoms with van der Waals surface area (Å²) in [6.45, 7) is 1.53. The van der Waals surface area contributed by atoms with E-state index in [1.54, 1.807) is 0 Å². The molecule has 0 radical (unpaired) electrons. The molecule has 1 aromatic carbocycles. The maximum absolute atomic E-state index is 12.1. The number of carbonyl (C=O) groups excluding carboxylic acids is 3. The smallest absolute Gasteiger partial charge is 0.305 e. The topological polar surface area (TPSA) is 117 Å². The number of hydrogen-bond acceptors (Lipinski definition) is 6. The van der Waals surface area contributed by atoms with Crippen molar-refractivity contribution in [1.82, 2.24) is 0 Å². The summed E-state index contributed by atoms with van der Waals surface area (Å²) in [7, 11) is 1.40. The van der Waals surface area contributed by atoms with E-state index in [0.29, 0.717) is 22.2 Å². The van der Waals surface area contributed by atoms with Crippen molar-refractivity contribution in [2.75, 3.05) is 25.8 Å². The van der Waals surface area contributed by atoms with Crippen molar-refractivity contribution in [2.24, 2.45) is 5.73 Å². The van der Waals surface area contributed by atoms with Crippen LogP contribution in [0.15, 0.2) is 18.2 Å². The number of amides is 2. The number of ether oxygens (including phenoxy) is 3. The minimum Gasteiger partial charge on any atom is -0.469 e. The van der Waals surface area contributed by atoms with Gasteiger partial charge in [0, 0.05) is 22.2 Å². The molecule has 0 saturated carbocycles. The van der Waals surface area contributed by atoms with Crippen molar-refractivity contribution in [2.45, 2.75) is 25.4 Å². The highest BCUT2D eigenvalue weighted by molar-refractivity contribution is 6.35. The molecule has 0 aliphatic carbocycles. The van der Waals surface area contributed by atoms with E-state index >= 15 is 0 Å². The molecule has 8 nitrogen and oxygen atoms in total. The maximum atomic E-state index is 12.1. The van der Waals surface area contributed by atoms with Gasteiger partial charge in [-0.05, 0) is 24.6 Å². The normalized spacial score (nSPS) is 18.5. The Labute approximate surface area is 160 Å². The largest absolute Gasteiger partial charge is 0.469 e. The molecule has 144 valence electrons. The fourth-order valence-corrected chi connectivity index (χ4v) is 2.44. The lowest BCUT2D eigenvalue weighted by molar-refractivity contribution is -0.148. The SMILES string of the molecule is CCCC(=O)OC.NC(=O)C1(C(=O)Nc2cc(Cl)cc(Cl)c2)COCO1. The zero-order valence-electron chi connectivity index (χ0n) is 14.3. The summed E-state index contributed by atoms with van der Waals surface area (Å²) in [5.74, 6) is -1.77. The quantitative estimate of drug-likeness (QED) is 0.571. The highest BCUT2D eigenvalue weighted by Gasteiger charge is 2.50. The number of esters is 1. The standard InChI is InChI=1S/C11H10Cl2N2O4.C5H10O2/c12-6-1-7(13)3-8(2-6)15-10(17)11(9(14)16)4-18-5-19-11;1-3-4-5(6)7-2/h1-3H,4-5H2,(H2,14,16)(H,15,17);3-4H2,1-2H3. The highest BCUT2D eigenvalue weighted by atomic mass is 35.5. The van der Waals surface area contributed by atoms with Crippen molar-refractivity contribution in [3.63, 3.8) is 0 Å². The van der Waals surface area contributed by atoms with Gasteiger partial charge in [0.2, 0.25) is 0 Å². The number of anilines is 1. The van der Waals surface area contributed by atoms with Crippen LogP contribution in [-0.4, -0.2) is 43.9 Å². The lowest BCUT2D eigenvalue weighted by atomic mass is 10.0. The van der Waals surface area contributed by atoms with Gasteiger partial charge in [-0.15, -0.1) is 0 Å². The number of hydrogen-bond donors (Lipinski definition) is 2. The van der Waals surface area contributed by atoms with Crippen molar-refractivity contribution < 1.29 is 28.6 Å². The highest BCUT2D eigenvalue weighted by Crippen LogP contribution is 2.25. The lowest BCUT2D eigenvalue weighted by Gasteiger charge is -2.21. The average Bonchev–Trinajstić information content (AvgIpc) is 3.06. The Morgan fingerprint density at radius 1 is 1.27 bits per heavy atom. The Hall–Kier alpha value is -1.87. The van der Waals surface area contributed by atoms with E-state index in [2.05, 4.69) is 10.1 Å². The summed E-state index contributed by atoms with van der Waals surface area (Å²) >= 11 is 11.6. The van der Waals surface area contributed by atoms with Crippen molar-refractivity contribution in [1.29, 1.82) is 0 Å². The Kier molecular flexibility index (Phi) is 8.80. The van der Waals surface area contributed by atoms with Crippen LogP contribution < -0.4 is 11.1 Å². The van der Waals surface area contributed by atoms with E-state index in [0.717, 1.165) is 6.42 Å². The van der Waals surface area contributed by atoms with Gasteiger partial charge in [0.25, 0.3) is 17.4 Å². The number of benzene rings is 1. The number of carbonyl (C=O) groups is 3. The van der Waals surface area contributed by atoms with Gasteiger partial charge < -0.3 is 25.3 Å². The lowest BCUT2D eigenvalue weighted by Crippen LogP contribution is -2.55. The molecule has 1 atom stereocenters. The molecule has 10 heteroatoms. The molecular weight excluding hydrogens is 387 g/mol. The van der Waals surface area contributed by atoms with Gasteiger partial charge in [0.05, 0.1) is 13.7 Å². The van der Waals surface area contributed by atoms with Crippen LogP contribution in [0, 0.1) is 0 Å². The summed E-state index contributed by atoms with van der Waals surface area (Å²) in [5, 5.41) is 3.17. The van der Waals surface area contributed by atoms with Gasteiger partial charge >= 0.3 is 5.97 Å². The van der Waals surface area contributed by atoms with Gasteiger partial charge in [-0.1, -0.05) is 30.1 Å². The molecule has 26 heavy (non-hydrogen) atoms. The summed E-state index contributed by atoms with van der Waals surface area (Å²) < 4.78 is 14.3. The number of nitrogens with one attached hydrogen (secondary N) is 1. The molecule has 1 fully saturated rings. The second kappa shape index (κ2) is 10.3. The molecule has 1 aliphatic rings. The van der Waals surface area contributed by atoms with E-state index in [1.807, 2.05) is 6.92 Å². The van der Waals surface area contributed by atoms with E-state index in [-0.39, 0.29) is 19.4 Å². The molecule has 1 aliphatic heterocycles. The van der Waals surface area contributed by atoms with E-state index in [4.69, 9.17) is 38.4 Å². The van der Waals surface area contributed by atoms with Crippen molar-refractivity contribution in [3.8, 4) is 0 Å². The molecule has 1 heterocycles. The molecule has 3 N–H and O–H groups in total. The van der Waals surface area contributed by atoms with Gasteiger partial charge in [-0.3, -0.25) is 14.4 Å². The minimum atomic E-state index is -1.82. The van der Waals surface area contributed by atoms with Gasteiger partial charge in [0.1, 0.15) is 6.79 Å². The van der Waals surface area contributed by atoms with Crippen LogP contribution in [-0.2, 0) is 28.6 Å². The molecule has 2 rings (SSSR count). The Bertz CT molecular complexity index is 642. The molecule has 1 saturated heterocycles. The van der Waals surface area contributed by atoms with Gasteiger partial charge in [-0.25, -0.2) is 0 Å². The van der Waals surface area contributed by atoms with Gasteiger partial charge in [0.15, 0.2) is 0 Å². The van der Waals surface area contributed by atoms with E-state index in [1.165, 1.54) is 25.3 Å². The molecule has 0 aromatic heterocycles. The third kappa shape index (κ3) is 6.14. The average molecular weight is 407 g/mol. The van der Waals surface area contributed by atoms with Crippen LogP contribution in [0.5, 0.6) is 0 Å². The predicted octanol–water partition coefficient (Wildman–Crippen LogP) is 2.12. The van der Waals surface area contributed by atoms with Crippen molar-refractivity contribution >= 4 is 46.7 Å². The number of primary amides is 1. The molecule has 1 aromatic rings. The number of methoxy groups -OCH3 is 1. The number of halogens is 2. The van der Waals surface area contributed by atoms with Crippen LogP contribution >= 0.6 is 23.2 Å². The molecular formula is C16H20Cl2N2O6. The first-order chi connectivity index (χ1) is 12.2. The van der Waals surface area contributed by atoms with Gasteiger partial charge in [-0.2, -0.15) is 0 Å². The molecule has 0 spiro atoms. The van der Waals surface area contributed by atoms with Crippen LogP contribution in [0.4, 0.5) is 5.69 Å².